The molecule has 0 fully saturated rings. The molecule has 0 atom stereocenters. The summed E-state index contributed by atoms with van der Waals surface area (Å²) in [6.07, 6.45) is 7.15. The molecule has 11 nitrogen and oxygen atoms in total. The average Bonchev–Trinajstić information content (AvgIpc) is 3.74. The Morgan fingerprint density at radius 1 is 0.889 bits per heavy atom. The highest BCUT2D eigenvalue weighted by Crippen LogP contribution is 2.29. The number of thiazole rings is 1. The van der Waals surface area contributed by atoms with Crippen molar-refractivity contribution in [3.8, 4) is 28.4 Å². The van der Waals surface area contributed by atoms with Crippen LogP contribution in [0.4, 0.5) is 0 Å². The van der Waals surface area contributed by atoms with Crippen molar-refractivity contribution in [2.24, 2.45) is 0 Å². The van der Waals surface area contributed by atoms with E-state index in [4.69, 9.17) is 14.6 Å². The highest BCUT2D eigenvalue weighted by atomic mass is 32.2. The molecule has 0 aliphatic carbocycles. The Morgan fingerprint density at radius 2 is 1.62 bits per heavy atom. The van der Waals surface area contributed by atoms with Crippen LogP contribution in [-0.2, 0) is 10.0 Å². The minimum absolute atomic E-state index is 0.174. The second kappa shape index (κ2) is 12.1. The molecule has 3 aromatic heterocycles. The van der Waals surface area contributed by atoms with Crippen molar-refractivity contribution in [3.05, 3.63) is 111 Å². The van der Waals surface area contributed by atoms with E-state index in [1.807, 2.05) is 60.8 Å². The number of hydrogen-bond acceptors (Lipinski definition) is 9. The average molecular weight is 641 g/mol. The van der Waals surface area contributed by atoms with Gasteiger partial charge in [-0.25, -0.2) is 17.4 Å². The molecular weight excluding hydrogens is 613 g/mol. The second-order valence-electron chi connectivity index (χ2n) is 10.1. The number of methoxy groups -OCH3 is 2. The van der Waals surface area contributed by atoms with Crippen molar-refractivity contribution in [2.75, 3.05) is 28.3 Å². The standard InChI is InChI=1S/C32H28N6O5S2/c1-36(2)45(40,41)25-14-12-22(13-15-25)30-23(20-37(35-30)24-8-6-5-7-9-24)19-28-31(39)38-32(44-28)33-29(34-38)17-11-21-10-16-26(42-3)27(18-21)43-4/h5-20H,1-4H3/b17-11+,28-19-. The lowest BCUT2D eigenvalue weighted by Gasteiger charge is -2.11. The summed E-state index contributed by atoms with van der Waals surface area (Å²) in [5, 5.41) is 9.20. The number of rotatable bonds is 9. The minimum atomic E-state index is -3.59. The number of hydrogen-bond donors (Lipinski definition) is 0. The van der Waals surface area contributed by atoms with Gasteiger partial charge in [-0.05, 0) is 54.1 Å². The number of nitrogens with zero attached hydrogens (tertiary/aromatic N) is 6. The maximum atomic E-state index is 13.4. The van der Waals surface area contributed by atoms with E-state index in [0.29, 0.717) is 43.6 Å². The van der Waals surface area contributed by atoms with Gasteiger partial charge in [-0.1, -0.05) is 53.8 Å². The smallest absolute Gasteiger partial charge is 0.291 e. The normalized spacial score (nSPS) is 12.5. The first-order chi connectivity index (χ1) is 21.7. The van der Waals surface area contributed by atoms with Gasteiger partial charge in [0.1, 0.15) is 0 Å². The van der Waals surface area contributed by atoms with E-state index in [0.717, 1.165) is 11.3 Å². The fourth-order valence-corrected chi connectivity index (χ4v) is 6.42. The third kappa shape index (κ3) is 5.88. The fourth-order valence-electron chi connectivity index (χ4n) is 4.61. The first kappa shape index (κ1) is 29.9. The summed E-state index contributed by atoms with van der Waals surface area (Å²) >= 11 is 1.22. The summed E-state index contributed by atoms with van der Waals surface area (Å²) in [4.78, 5) is 18.6. The van der Waals surface area contributed by atoms with Gasteiger partial charge in [-0.15, -0.1) is 5.10 Å². The highest BCUT2D eigenvalue weighted by molar-refractivity contribution is 7.89. The molecule has 13 heteroatoms. The largest absolute Gasteiger partial charge is 0.493 e. The molecule has 0 saturated carbocycles. The van der Waals surface area contributed by atoms with Crippen molar-refractivity contribution in [3.63, 3.8) is 0 Å². The van der Waals surface area contributed by atoms with Crippen LogP contribution in [0.5, 0.6) is 11.5 Å². The second-order valence-corrected chi connectivity index (χ2v) is 13.2. The Labute approximate surface area is 263 Å². The van der Waals surface area contributed by atoms with Crippen molar-refractivity contribution in [1.29, 1.82) is 0 Å². The van der Waals surface area contributed by atoms with Gasteiger partial charge >= 0.3 is 0 Å². The summed E-state index contributed by atoms with van der Waals surface area (Å²) in [6.45, 7) is 0. The van der Waals surface area contributed by atoms with Crippen LogP contribution in [0.25, 0.3) is 40.1 Å². The van der Waals surface area contributed by atoms with E-state index in [2.05, 4.69) is 10.1 Å². The summed E-state index contributed by atoms with van der Waals surface area (Å²) in [5.74, 6) is 1.62. The van der Waals surface area contributed by atoms with Crippen molar-refractivity contribution in [1.82, 2.24) is 28.7 Å². The van der Waals surface area contributed by atoms with Crippen LogP contribution in [0, 0.1) is 0 Å². The van der Waals surface area contributed by atoms with Gasteiger partial charge < -0.3 is 9.47 Å². The summed E-state index contributed by atoms with van der Waals surface area (Å²) < 4.78 is 40.5. The van der Waals surface area contributed by atoms with Crippen LogP contribution in [-0.4, -0.2) is 65.4 Å². The maximum absolute atomic E-state index is 13.4. The number of ether oxygens (including phenoxy) is 2. The zero-order chi connectivity index (χ0) is 31.7. The maximum Gasteiger partial charge on any atom is 0.291 e. The number of para-hydroxylation sites is 1. The van der Waals surface area contributed by atoms with E-state index >= 15 is 0 Å². The van der Waals surface area contributed by atoms with E-state index in [1.165, 1.54) is 34.3 Å². The Kier molecular flexibility index (Phi) is 8.06. The molecule has 228 valence electrons. The Bertz CT molecular complexity index is 2250. The van der Waals surface area contributed by atoms with Crippen LogP contribution >= 0.6 is 11.3 Å². The molecule has 3 heterocycles. The van der Waals surface area contributed by atoms with Gasteiger partial charge in [0.25, 0.3) is 5.56 Å². The Hall–Kier alpha value is -5.11. The molecular formula is C32H28N6O5S2. The number of fused-ring (bicyclic) bond motifs is 1. The molecule has 0 N–H and O–H groups in total. The van der Waals surface area contributed by atoms with Gasteiger partial charge in [0.15, 0.2) is 17.3 Å². The van der Waals surface area contributed by atoms with Crippen molar-refractivity contribution >= 4 is 44.5 Å². The molecule has 0 unspecified atom stereocenters. The lowest BCUT2D eigenvalue weighted by molar-refractivity contribution is 0.355. The lowest BCUT2D eigenvalue weighted by atomic mass is 10.1. The number of benzene rings is 3. The van der Waals surface area contributed by atoms with Crippen molar-refractivity contribution < 1.29 is 17.9 Å². The summed E-state index contributed by atoms with van der Waals surface area (Å²) in [5.41, 5.74) is 3.35. The molecule has 45 heavy (non-hydrogen) atoms. The van der Waals surface area contributed by atoms with E-state index in [1.54, 1.807) is 55.3 Å². The molecule has 0 amide bonds. The molecule has 0 radical (unpaired) electrons. The Balaban J connectivity index is 1.37. The fraction of sp³-hybridized carbons (Fsp3) is 0.125. The molecule has 6 rings (SSSR count). The van der Waals surface area contributed by atoms with Crippen LogP contribution in [0.1, 0.15) is 17.0 Å². The zero-order valence-electron chi connectivity index (χ0n) is 24.8. The van der Waals surface area contributed by atoms with Gasteiger partial charge in [0, 0.05) is 31.4 Å². The molecule has 0 bridgehead atoms. The lowest BCUT2D eigenvalue weighted by Crippen LogP contribution is -2.23. The first-order valence-electron chi connectivity index (χ1n) is 13.7. The third-order valence-electron chi connectivity index (χ3n) is 6.99. The highest BCUT2D eigenvalue weighted by Gasteiger charge is 2.19. The predicted molar refractivity (Wildman–Crippen MR) is 174 cm³/mol. The monoisotopic (exact) mass is 640 g/mol. The quantitative estimate of drug-likeness (QED) is 0.233. The van der Waals surface area contributed by atoms with Gasteiger partial charge in [0.2, 0.25) is 15.0 Å². The topological polar surface area (TPSA) is 121 Å². The van der Waals surface area contributed by atoms with Gasteiger partial charge in [-0.3, -0.25) is 4.79 Å². The van der Waals surface area contributed by atoms with E-state index in [9.17, 15) is 13.2 Å². The molecule has 0 aliphatic rings. The molecule has 0 saturated heterocycles. The summed E-state index contributed by atoms with van der Waals surface area (Å²) in [6, 6.07) is 21.6. The van der Waals surface area contributed by atoms with Crippen molar-refractivity contribution in [2.45, 2.75) is 4.90 Å². The number of aromatic nitrogens is 5. The zero-order valence-corrected chi connectivity index (χ0v) is 26.4. The van der Waals surface area contributed by atoms with E-state index in [-0.39, 0.29) is 10.5 Å². The van der Waals surface area contributed by atoms with E-state index < -0.39 is 10.0 Å². The molecule has 6 aromatic rings. The summed E-state index contributed by atoms with van der Waals surface area (Å²) in [7, 11) is 2.54. The molecule has 0 spiro atoms. The first-order valence-corrected chi connectivity index (χ1v) is 15.9. The van der Waals surface area contributed by atoms with Crippen LogP contribution < -0.4 is 19.6 Å². The SMILES string of the molecule is COc1ccc(/C=C/c2nc3s/c(=C\c4cn(-c5ccccc5)nc4-c4ccc(S(=O)(=O)N(C)C)cc4)c(=O)n3n2)cc1OC. The van der Waals surface area contributed by atoms with Crippen LogP contribution in [0.3, 0.4) is 0 Å². The molecule has 3 aromatic carbocycles. The molecule has 0 aliphatic heterocycles. The predicted octanol–water partition coefficient (Wildman–Crippen LogP) is 3.99. The number of sulfonamides is 1. The third-order valence-corrected chi connectivity index (χ3v) is 9.78. The van der Waals surface area contributed by atoms with Gasteiger partial charge in [0.05, 0.1) is 35.0 Å². The van der Waals surface area contributed by atoms with Crippen LogP contribution in [0.2, 0.25) is 0 Å². The van der Waals surface area contributed by atoms with Crippen LogP contribution in [0.15, 0.2) is 88.7 Å². The minimum Gasteiger partial charge on any atom is -0.493 e. The van der Waals surface area contributed by atoms with Gasteiger partial charge in [-0.2, -0.15) is 14.6 Å². The Morgan fingerprint density at radius 3 is 2.29 bits per heavy atom.